The first kappa shape index (κ1) is 12.5. The van der Waals surface area contributed by atoms with Crippen LogP contribution in [0.5, 0.6) is 0 Å². The Labute approximate surface area is 116 Å². The highest BCUT2D eigenvalue weighted by Gasteiger charge is 2.52. The van der Waals surface area contributed by atoms with Crippen molar-refractivity contribution in [3.63, 3.8) is 0 Å². The van der Waals surface area contributed by atoms with Crippen molar-refractivity contribution in [1.82, 2.24) is 10.2 Å². The number of hydrogen-bond acceptors (Lipinski definition) is 3. The average molecular weight is 276 g/mol. The Morgan fingerprint density at radius 1 is 1.37 bits per heavy atom. The number of carbonyl (C=O) groups is 2. The molecule has 3 rings (SSSR count). The molecule has 1 atom stereocenters. The highest BCUT2D eigenvalue weighted by atomic mass is 32.2. The molecule has 19 heavy (non-hydrogen) atoms. The summed E-state index contributed by atoms with van der Waals surface area (Å²) in [6, 6.07) is 7.59. The molecule has 0 bridgehead atoms. The quantitative estimate of drug-likeness (QED) is 0.840. The lowest BCUT2D eigenvalue weighted by Crippen LogP contribution is -2.46. The summed E-state index contributed by atoms with van der Waals surface area (Å²) in [7, 11) is 0. The van der Waals surface area contributed by atoms with Crippen LogP contribution in [0.2, 0.25) is 0 Å². The molecule has 2 saturated heterocycles. The Bertz CT molecular complexity index is 538. The summed E-state index contributed by atoms with van der Waals surface area (Å²) in [6.07, 6.45) is 0.743. The maximum Gasteiger partial charge on any atom is 0.325 e. The van der Waals surface area contributed by atoms with Crippen LogP contribution < -0.4 is 5.32 Å². The largest absolute Gasteiger partial charge is 0.325 e. The van der Waals surface area contributed by atoms with Crippen LogP contribution in [0.4, 0.5) is 4.79 Å². The molecule has 2 fully saturated rings. The van der Waals surface area contributed by atoms with Crippen molar-refractivity contribution in [2.75, 3.05) is 11.5 Å². The number of imide groups is 1. The number of hydrogen-bond donors (Lipinski definition) is 1. The third-order valence-electron chi connectivity index (χ3n) is 3.86. The Hall–Kier alpha value is -1.49. The molecule has 0 aliphatic carbocycles. The van der Waals surface area contributed by atoms with E-state index in [-0.39, 0.29) is 11.9 Å². The number of carbonyl (C=O) groups excluding carboxylic acids is 2. The number of urea groups is 1. The van der Waals surface area contributed by atoms with Gasteiger partial charge in [-0.1, -0.05) is 24.3 Å². The van der Waals surface area contributed by atoms with E-state index in [0.29, 0.717) is 12.3 Å². The number of nitrogens with one attached hydrogen (secondary N) is 1. The lowest BCUT2D eigenvalue weighted by Gasteiger charge is -2.19. The smallest absolute Gasteiger partial charge is 0.322 e. The van der Waals surface area contributed by atoms with E-state index < -0.39 is 5.54 Å². The monoisotopic (exact) mass is 276 g/mol. The van der Waals surface area contributed by atoms with Gasteiger partial charge in [0.05, 0.1) is 6.54 Å². The van der Waals surface area contributed by atoms with E-state index in [4.69, 9.17) is 0 Å². The molecule has 0 radical (unpaired) electrons. The fourth-order valence-corrected chi connectivity index (χ4v) is 3.94. The summed E-state index contributed by atoms with van der Waals surface area (Å²) in [5.41, 5.74) is 1.49. The van der Waals surface area contributed by atoms with Crippen LogP contribution in [-0.2, 0) is 11.3 Å². The van der Waals surface area contributed by atoms with Gasteiger partial charge in [0.15, 0.2) is 0 Å². The predicted molar refractivity (Wildman–Crippen MR) is 74.9 cm³/mol. The van der Waals surface area contributed by atoms with Crippen LogP contribution in [0.25, 0.3) is 0 Å². The first-order valence-electron chi connectivity index (χ1n) is 6.39. The lowest BCUT2D eigenvalue weighted by molar-refractivity contribution is -0.130. The van der Waals surface area contributed by atoms with Gasteiger partial charge < -0.3 is 5.32 Å². The number of amides is 3. The molecular formula is C14H16N2O2S. The molecule has 100 valence electrons. The van der Waals surface area contributed by atoms with Crippen molar-refractivity contribution in [2.45, 2.75) is 25.4 Å². The maximum absolute atomic E-state index is 12.5. The molecule has 0 saturated carbocycles. The summed E-state index contributed by atoms with van der Waals surface area (Å²) in [5.74, 6) is 1.57. The molecule has 1 aromatic carbocycles. The van der Waals surface area contributed by atoms with Crippen LogP contribution in [0, 0.1) is 6.92 Å². The van der Waals surface area contributed by atoms with E-state index in [1.807, 2.05) is 31.2 Å². The van der Waals surface area contributed by atoms with E-state index in [0.717, 1.165) is 23.3 Å². The zero-order valence-electron chi connectivity index (χ0n) is 10.8. The predicted octanol–water partition coefficient (Wildman–Crippen LogP) is 1.92. The molecule has 2 aliphatic rings. The molecule has 2 aliphatic heterocycles. The van der Waals surface area contributed by atoms with Gasteiger partial charge in [0.25, 0.3) is 5.91 Å². The first-order chi connectivity index (χ1) is 9.12. The topological polar surface area (TPSA) is 49.4 Å². The number of rotatable bonds is 2. The van der Waals surface area contributed by atoms with Crippen molar-refractivity contribution in [1.29, 1.82) is 0 Å². The van der Waals surface area contributed by atoms with Gasteiger partial charge in [0, 0.05) is 5.75 Å². The first-order valence-corrected chi connectivity index (χ1v) is 7.54. The summed E-state index contributed by atoms with van der Waals surface area (Å²) >= 11 is 1.73. The Morgan fingerprint density at radius 3 is 2.84 bits per heavy atom. The van der Waals surface area contributed by atoms with Gasteiger partial charge in [0.1, 0.15) is 5.54 Å². The van der Waals surface area contributed by atoms with Gasteiger partial charge in [0.2, 0.25) is 0 Å². The summed E-state index contributed by atoms with van der Waals surface area (Å²) in [4.78, 5) is 25.9. The van der Waals surface area contributed by atoms with Gasteiger partial charge >= 0.3 is 6.03 Å². The lowest BCUT2D eigenvalue weighted by atomic mass is 9.99. The van der Waals surface area contributed by atoms with Crippen molar-refractivity contribution in [3.05, 3.63) is 35.4 Å². The summed E-state index contributed by atoms with van der Waals surface area (Å²) in [5, 5.41) is 2.89. The third kappa shape index (κ3) is 2.02. The molecule has 3 amide bonds. The number of thioether (sulfide) groups is 1. The van der Waals surface area contributed by atoms with E-state index >= 15 is 0 Å². The second kappa shape index (κ2) is 4.56. The van der Waals surface area contributed by atoms with Crippen LogP contribution in [0.1, 0.15) is 17.5 Å². The van der Waals surface area contributed by atoms with Gasteiger partial charge in [-0.15, -0.1) is 0 Å². The Morgan fingerprint density at radius 2 is 2.16 bits per heavy atom. The minimum Gasteiger partial charge on any atom is -0.322 e. The van der Waals surface area contributed by atoms with E-state index in [1.54, 1.807) is 11.8 Å². The van der Waals surface area contributed by atoms with E-state index in [9.17, 15) is 9.59 Å². The fraction of sp³-hybridized carbons (Fsp3) is 0.429. The second-order valence-corrected chi connectivity index (χ2v) is 6.24. The van der Waals surface area contributed by atoms with Gasteiger partial charge in [-0.25, -0.2) is 4.79 Å². The van der Waals surface area contributed by atoms with E-state index in [1.165, 1.54) is 4.90 Å². The Balaban J connectivity index is 1.84. The second-order valence-electron chi connectivity index (χ2n) is 5.13. The average Bonchev–Trinajstić information content (AvgIpc) is 2.94. The Kier molecular flexibility index (Phi) is 3.01. The van der Waals surface area contributed by atoms with E-state index in [2.05, 4.69) is 5.32 Å². The molecule has 0 unspecified atom stereocenters. The normalized spacial score (nSPS) is 26.3. The number of nitrogens with zero attached hydrogens (tertiary/aromatic N) is 1. The zero-order chi connectivity index (χ0) is 13.5. The van der Waals surface area contributed by atoms with Crippen molar-refractivity contribution in [2.24, 2.45) is 0 Å². The molecule has 0 aromatic heterocycles. The summed E-state index contributed by atoms with van der Waals surface area (Å²) < 4.78 is 0. The van der Waals surface area contributed by atoms with Gasteiger partial charge in [-0.2, -0.15) is 11.8 Å². The standard InChI is InChI=1S/C14H16N2O2S/c1-10-4-2-3-5-11(10)8-16-12(17)14(15-13(16)18)6-7-19-9-14/h2-5H,6-9H2,1H3,(H,15,18)/t14-/m0/s1. The van der Waals surface area contributed by atoms with Crippen molar-refractivity contribution >= 4 is 23.7 Å². The van der Waals surface area contributed by atoms with Gasteiger partial charge in [-0.05, 0) is 30.2 Å². The van der Waals surface area contributed by atoms with Crippen LogP contribution >= 0.6 is 11.8 Å². The zero-order valence-corrected chi connectivity index (χ0v) is 11.6. The molecule has 1 spiro atoms. The number of aryl methyl sites for hydroxylation is 1. The molecule has 2 heterocycles. The minimum absolute atomic E-state index is 0.0641. The van der Waals surface area contributed by atoms with Crippen LogP contribution in [0.15, 0.2) is 24.3 Å². The number of benzene rings is 1. The fourth-order valence-electron chi connectivity index (χ4n) is 2.61. The van der Waals surface area contributed by atoms with Crippen LogP contribution in [-0.4, -0.2) is 33.9 Å². The highest BCUT2D eigenvalue weighted by Crippen LogP contribution is 2.34. The third-order valence-corrected chi connectivity index (χ3v) is 5.05. The minimum atomic E-state index is -0.634. The van der Waals surface area contributed by atoms with Crippen molar-refractivity contribution < 1.29 is 9.59 Å². The molecule has 4 nitrogen and oxygen atoms in total. The van der Waals surface area contributed by atoms with Crippen molar-refractivity contribution in [3.8, 4) is 0 Å². The molecule has 1 N–H and O–H groups in total. The maximum atomic E-state index is 12.5. The van der Waals surface area contributed by atoms with Crippen LogP contribution in [0.3, 0.4) is 0 Å². The molecule has 1 aromatic rings. The SMILES string of the molecule is Cc1ccccc1CN1C(=O)N[C@]2(CCSC2)C1=O. The molecule has 5 heteroatoms. The molecular weight excluding hydrogens is 260 g/mol. The summed E-state index contributed by atoms with van der Waals surface area (Å²) in [6.45, 7) is 2.36. The highest BCUT2D eigenvalue weighted by molar-refractivity contribution is 7.99. The van der Waals surface area contributed by atoms with Gasteiger partial charge in [-0.3, -0.25) is 9.69 Å².